The molecular weight excluding hydrogens is 216 g/mol. The third-order valence-electron chi connectivity index (χ3n) is 1.72. The normalized spacial score (nSPS) is 10.1. The number of carbonyl (C=O) groups excluding carboxylic acids is 1. The van der Waals surface area contributed by atoms with Crippen molar-refractivity contribution in [2.75, 3.05) is 5.32 Å². The highest BCUT2D eigenvalue weighted by atomic mass is 16.6. The van der Waals surface area contributed by atoms with E-state index in [-0.39, 0.29) is 0 Å². The highest BCUT2D eigenvalue weighted by molar-refractivity contribution is 5.86. The second kappa shape index (κ2) is 5.35. The molecule has 0 aliphatic carbocycles. The van der Waals surface area contributed by atoms with E-state index in [1.54, 1.807) is 25.4 Å². The molecule has 1 rings (SSSR count). The molecule has 1 heterocycles. The van der Waals surface area contributed by atoms with Gasteiger partial charge in [0.15, 0.2) is 0 Å². The van der Waals surface area contributed by atoms with E-state index in [2.05, 4.69) is 22.1 Å². The van der Waals surface area contributed by atoms with Crippen LogP contribution >= 0.6 is 0 Å². The highest BCUT2D eigenvalue weighted by Gasteiger charge is 2.16. The molecule has 1 amide bonds. The van der Waals surface area contributed by atoms with Gasteiger partial charge in [-0.25, -0.2) is 4.79 Å². The Hall–Kier alpha value is -2.02. The van der Waals surface area contributed by atoms with Gasteiger partial charge in [0.1, 0.15) is 5.60 Å². The molecule has 0 spiro atoms. The number of hydrogen-bond acceptors (Lipinski definition) is 3. The number of rotatable bonds is 1. The van der Waals surface area contributed by atoms with E-state index >= 15 is 0 Å². The number of ether oxygens (including phenoxy) is 1. The first-order chi connectivity index (χ1) is 7.92. The maximum atomic E-state index is 11.6. The van der Waals surface area contributed by atoms with Crippen molar-refractivity contribution in [1.29, 1.82) is 0 Å². The highest BCUT2D eigenvalue weighted by Crippen LogP contribution is 2.14. The fourth-order valence-corrected chi connectivity index (χ4v) is 1.15. The first kappa shape index (κ1) is 13.0. The summed E-state index contributed by atoms with van der Waals surface area (Å²) >= 11 is 0. The lowest BCUT2D eigenvalue weighted by atomic mass is 10.2. The van der Waals surface area contributed by atoms with Crippen molar-refractivity contribution < 1.29 is 9.53 Å². The van der Waals surface area contributed by atoms with E-state index < -0.39 is 11.7 Å². The molecule has 1 aromatic rings. The zero-order valence-corrected chi connectivity index (χ0v) is 10.5. The number of nitrogens with one attached hydrogen (secondary N) is 1. The number of carbonyl (C=O) groups is 1. The van der Waals surface area contributed by atoms with E-state index in [0.717, 1.165) is 0 Å². The predicted octanol–water partition coefficient (Wildman–Crippen LogP) is 2.80. The lowest BCUT2D eigenvalue weighted by Crippen LogP contribution is -2.27. The van der Waals surface area contributed by atoms with Crippen LogP contribution in [-0.4, -0.2) is 16.7 Å². The van der Waals surface area contributed by atoms with Gasteiger partial charge in [-0.3, -0.25) is 10.3 Å². The van der Waals surface area contributed by atoms with Gasteiger partial charge in [-0.05, 0) is 33.8 Å². The van der Waals surface area contributed by atoms with Gasteiger partial charge in [-0.2, -0.15) is 0 Å². The van der Waals surface area contributed by atoms with E-state index in [9.17, 15) is 4.79 Å². The summed E-state index contributed by atoms with van der Waals surface area (Å²) in [4.78, 5) is 15.5. The predicted molar refractivity (Wildman–Crippen MR) is 66.6 cm³/mol. The second-order valence-corrected chi connectivity index (χ2v) is 4.42. The number of hydrogen-bond donors (Lipinski definition) is 1. The molecule has 1 aromatic heterocycles. The summed E-state index contributed by atoms with van der Waals surface area (Å²) in [6.45, 7) is 7.16. The number of pyridine rings is 1. The van der Waals surface area contributed by atoms with Gasteiger partial charge in [-0.15, -0.1) is 5.92 Å². The van der Waals surface area contributed by atoms with Gasteiger partial charge in [0.05, 0.1) is 11.3 Å². The number of amides is 1. The van der Waals surface area contributed by atoms with Crippen LogP contribution in [0.1, 0.15) is 33.3 Å². The average Bonchev–Trinajstić information content (AvgIpc) is 2.18. The third-order valence-corrected chi connectivity index (χ3v) is 1.72. The maximum absolute atomic E-state index is 11.6. The average molecular weight is 232 g/mol. The molecule has 0 radical (unpaired) electrons. The summed E-state index contributed by atoms with van der Waals surface area (Å²) in [6, 6.07) is 1.68. The van der Waals surface area contributed by atoms with Crippen LogP contribution < -0.4 is 5.32 Å². The Bertz CT molecular complexity index is 464. The Morgan fingerprint density at radius 3 is 2.76 bits per heavy atom. The van der Waals surface area contributed by atoms with Crippen molar-refractivity contribution in [2.24, 2.45) is 0 Å². The minimum atomic E-state index is -0.520. The molecule has 0 saturated carbocycles. The summed E-state index contributed by atoms with van der Waals surface area (Å²) in [5, 5.41) is 2.65. The monoisotopic (exact) mass is 232 g/mol. The van der Waals surface area contributed by atoms with Gasteiger partial charge in [0.2, 0.25) is 0 Å². The lowest BCUT2D eigenvalue weighted by Gasteiger charge is -2.19. The first-order valence-corrected chi connectivity index (χ1v) is 5.29. The van der Waals surface area contributed by atoms with Gasteiger partial charge in [-0.1, -0.05) is 5.92 Å². The van der Waals surface area contributed by atoms with Crippen molar-refractivity contribution in [1.82, 2.24) is 4.98 Å². The zero-order chi connectivity index (χ0) is 12.9. The molecule has 0 saturated heterocycles. The Balaban J connectivity index is 2.80. The van der Waals surface area contributed by atoms with E-state index in [4.69, 9.17) is 4.74 Å². The molecule has 0 aliphatic heterocycles. The van der Waals surface area contributed by atoms with Crippen LogP contribution in [0.25, 0.3) is 0 Å². The topological polar surface area (TPSA) is 51.2 Å². The fourth-order valence-electron chi connectivity index (χ4n) is 1.15. The molecule has 0 fully saturated rings. The second-order valence-electron chi connectivity index (χ2n) is 4.42. The van der Waals surface area contributed by atoms with Crippen molar-refractivity contribution in [3.05, 3.63) is 24.0 Å². The summed E-state index contributed by atoms with van der Waals surface area (Å²) in [5.41, 5.74) is 0.748. The number of anilines is 1. The molecule has 0 atom stereocenters. The molecule has 4 nitrogen and oxygen atoms in total. The van der Waals surface area contributed by atoms with E-state index in [1.165, 1.54) is 0 Å². The summed E-state index contributed by atoms with van der Waals surface area (Å²) in [5.74, 6) is 5.63. The summed E-state index contributed by atoms with van der Waals surface area (Å²) in [7, 11) is 0. The quantitative estimate of drug-likeness (QED) is 0.757. The fraction of sp³-hybridized carbons (Fsp3) is 0.385. The van der Waals surface area contributed by atoms with Crippen molar-refractivity contribution in [3.8, 4) is 11.8 Å². The van der Waals surface area contributed by atoms with Gasteiger partial charge in [0, 0.05) is 12.4 Å². The standard InChI is InChI=1S/C13H16N2O2/c1-5-6-10-9-14-8-7-11(10)15-12(16)17-13(2,3)4/h7-9H,1-4H3,(H,14,15,16). The zero-order valence-electron chi connectivity index (χ0n) is 10.5. The molecule has 0 aromatic carbocycles. The Labute approximate surface area is 101 Å². The molecule has 90 valence electrons. The van der Waals surface area contributed by atoms with Crippen molar-refractivity contribution in [3.63, 3.8) is 0 Å². The van der Waals surface area contributed by atoms with Gasteiger partial charge >= 0.3 is 6.09 Å². The molecule has 4 heteroatoms. The summed E-state index contributed by atoms with van der Waals surface area (Å²) < 4.78 is 5.16. The van der Waals surface area contributed by atoms with Crippen LogP contribution in [-0.2, 0) is 4.74 Å². The first-order valence-electron chi connectivity index (χ1n) is 5.29. The van der Waals surface area contributed by atoms with Gasteiger partial charge in [0.25, 0.3) is 0 Å². The molecule has 0 aliphatic rings. The van der Waals surface area contributed by atoms with Crippen LogP contribution in [0.4, 0.5) is 10.5 Å². The smallest absolute Gasteiger partial charge is 0.412 e. The Morgan fingerprint density at radius 2 is 2.18 bits per heavy atom. The van der Waals surface area contributed by atoms with Crippen LogP contribution in [0.3, 0.4) is 0 Å². The number of aromatic nitrogens is 1. The Kier molecular flexibility index (Phi) is 4.11. The van der Waals surface area contributed by atoms with Gasteiger partial charge < -0.3 is 4.74 Å². The molecular formula is C13H16N2O2. The number of nitrogens with zero attached hydrogens (tertiary/aromatic N) is 1. The van der Waals surface area contributed by atoms with Crippen LogP contribution in [0.2, 0.25) is 0 Å². The maximum Gasteiger partial charge on any atom is 0.412 e. The van der Waals surface area contributed by atoms with Crippen molar-refractivity contribution >= 4 is 11.8 Å². The molecule has 0 bridgehead atoms. The minimum Gasteiger partial charge on any atom is -0.444 e. The molecule has 17 heavy (non-hydrogen) atoms. The molecule has 1 N–H and O–H groups in total. The molecule has 0 unspecified atom stereocenters. The van der Waals surface area contributed by atoms with E-state index in [0.29, 0.717) is 11.3 Å². The summed E-state index contributed by atoms with van der Waals surface area (Å²) in [6.07, 6.45) is 2.69. The Morgan fingerprint density at radius 1 is 1.47 bits per heavy atom. The lowest BCUT2D eigenvalue weighted by molar-refractivity contribution is 0.0636. The minimum absolute atomic E-state index is 0.497. The van der Waals surface area contributed by atoms with Crippen molar-refractivity contribution in [2.45, 2.75) is 33.3 Å². The van der Waals surface area contributed by atoms with Crippen LogP contribution in [0.15, 0.2) is 18.5 Å². The largest absolute Gasteiger partial charge is 0.444 e. The SMILES string of the molecule is CC#Cc1cnccc1NC(=O)OC(C)(C)C. The van der Waals surface area contributed by atoms with Crippen LogP contribution in [0.5, 0.6) is 0 Å². The van der Waals surface area contributed by atoms with E-state index in [1.807, 2.05) is 20.8 Å². The van der Waals surface area contributed by atoms with Crippen LogP contribution in [0, 0.1) is 11.8 Å². The third kappa shape index (κ3) is 4.56.